The fraction of sp³-hybridized carbons (Fsp3) is 0.231. The van der Waals surface area contributed by atoms with E-state index in [-0.39, 0.29) is 28.3 Å². The molecule has 0 aromatic heterocycles. The molecule has 9 heteroatoms. The van der Waals surface area contributed by atoms with Crippen LogP contribution < -0.4 is 5.32 Å². The summed E-state index contributed by atoms with van der Waals surface area (Å²) in [5, 5.41) is 1.69. The van der Waals surface area contributed by atoms with Gasteiger partial charge in [-0.2, -0.15) is 13.2 Å². The van der Waals surface area contributed by atoms with Crippen LogP contribution in [0.3, 0.4) is 0 Å². The number of allylic oxidation sites excluding steroid dienone is 1. The van der Waals surface area contributed by atoms with Crippen LogP contribution in [-0.2, 0) is 9.53 Å². The second-order valence-electron chi connectivity index (χ2n) is 3.89. The second kappa shape index (κ2) is 7.51. The Morgan fingerprint density at radius 2 is 1.95 bits per heavy atom. The van der Waals surface area contributed by atoms with E-state index in [9.17, 15) is 22.8 Å². The monoisotopic (exact) mass is 355 g/mol. The molecule has 0 saturated carbocycles. The van der Waals surface area contributed by atoms with Crippen molar-refractivity contribution in [3.8, 4) is 0 Å². The predicted octanol–water partition coefficient (Wildman–Crippen LogP) is 3.73. The van der Waals surface area contributed by atoms with Crippen molar-refractivity contribution < 1.29 is 27.5 Å². The van der Waals surface area contributed by atoms with Gasteiger partial charge in [-0.15, -0.1) is 0 Å². The number of carbonyl (C=O) groups is 2. The van der Waals surface area contributed by atoms with E-state index < -0.39 is 23.7 Å². The number of hydrogen-bond donors (Lipinski definition) is 1. The molecule has 0 bridgehead atoms. The van der Waals surface area contributed by atoms with E-state index >= 15 is 0 Å². The maximum atomic E-state index is 12.8. The number of ether oxygens (including phenoxy) is 1. The summed E-state index contributed by atoms with van der Waals surface area (Å²) >= 11 is 11.4. The largest absolute Gasteiger partial charge is 0.463 e. The lowest BCUT2D eigenvalue weighted by Gasteiger charge is -2.13. The number of amides is 1. The first-order chi connectivity index (χ1) is 10.1. The zero-order chi connectivity index (χ0) is 16.9. The van der Waals surface area contributed by atoms with Gasteiger partial charge in [0.05, 0.1) is 23.3 Å². The lowest BCUT2D eigenvalue weighted by atomic mass is 10.2. The van der Waals surface area contributed by atoms with Crippen molar-refractivity contribution in [3.63, 3.8) is 0 Å². The van der Waals surface area contributed by atoms with Crippen LogP contribution in [0.1, 0.15) is 17.3 Å². The van der Waals surface area contributed by atoms with Crippen LogP contribution in [0.5, 0.6) is 0 Å². The maximum absolute atomic E-state index is 12.8. The topological polar surface area (TPSA) is 55.4 Å². The number of rotatable bonds is 4. The van der Waals surface area contributed by atoms with Crippen LogP contribution in [0.4, 0.5) is 13.2 Å². The lowest BCUT2D eigenvalue weighted by Crippen LogP contribution is -2.32. The minimum absolute atomic E-state index is 0.0998. The summed E-state index contributed by atoms with van der Waals surface area (Å²) in [6.45, 7) is 1.34. The number of nitrogens with one attached hydrogen (secondary N) is 1. The summed E-state index contributed by atoms with van der Waals surface area (Å²) in [5.74, 6) is -2.35. The van der Waals surface area contributed by atoms with E-state index in [0.717, 1.165) is 0 Å². The van der Waals surface area contributed by atoms with Gasteiger partial charge in [0.2, 0.25) is 0 Å². The third-order valence-electron chi connectivity index (χ3n) is 2.28. The van der Waals surface area contributed by atoms with E-state index in [0.29, 0.717) is 0 Å². The summed E-state index contributed by atoms with van der Waals surface area (Å²) in [4.78, 5) is 23.0. The Hall–Kier alpha value is -1.73. The van der Waals surface area contributed by atoms with Gasteiger partial charge in [-0.1, -0.05) is 23.2 Å². The number of carbonyl (C=O) groups excluding carboxylic acids is 2. The summed E-state index contributed by atoms with van der Waals surface area (Å²) in [6.07, 6.45) is -4.79. The van der Waals surface area contributed by atoms with Gasteiger partial charge in [-0.05, 0) is 25.1 Å². The molecule has 0 aliphatic rings. The molecule has 1 N–H and O–H groups in total. The smallest absolute Gasteiger partial charge is 0.431 e. The summed E-state index contributed by atoms with van der Waals surface area (Å²) in [7, 11) is 0. The van der Waals surface area contributed by atoms with E-state index in [1.54, 1.807) is 5.32 Å². The van der Waals surface area contributed by atoms with Crippen molar-refractivity contribution in [1.29, 1.82) is 0 Å². The first-order valence-corrected chi connectivity index (χ1v) is 6.62. The van der Waals surface area contributed by atoms with E-state index in [1.165, 1.54) is 25.1 Å². The molecule has 0 heterocycles. The number of halogens is 5. The highest BCUT2D eigenvalue weighted by atomic mass is 35.5. The van der Waals surface area contributed by atoms with Crippen LogP contribution >= 0.6 is 23.2 Å². The zero-order valence-corrected chi connectivity index (χ0v) is 12.6. The molecule has 4 nitrogen and oxygen atoms in total. The van der Waals surface area contributed by atoms with Crippen molar-refractivity contribution >= 4 is 35.1 Å². The first-order valence-electron chi connectivity index (χ1n) is 5.87. The van der Waals surface area contributed by atoms with Crippen LogP contribution in [-0.4, -0.2) is 24.7 Å². The molecular formula is C13H10Cl2F3NO3. The van der Waals surface area contributed by atoms with Crippen LogP contribution in [0, 0.1) is 0 Å². The number of alkyl halides is 3. The number of hydrogen-bond acceptors (Lipinski definition) is 3. The maximum Gasteiger partial charge on any atom is 0.431 e. The Labute approximate surface area is 133 Å². The lowest BCUT2D eigenvalue weighted by molar-refractivity contribution is -0.138. The molecule has 0 fully saturated rings. The predicted molar refractivity (Wildman–Crippen MR) is 74.7 cm³/mol. The minimum Gasteiger partial charge on any atom is -0.463 e. The van der Waals surface area contributed by atoms with Crippen LogP contribution in [0.25, 0.3) is 0 Å². The Morgan fingerprint density at radius 1 is 1.32 bits per heavy atom. The third-order valence-corrected chi connectivity index (χ3v) is 2.83. The molecule has 1 aromatic carbocycles. The van der Waals surface area contributed by atoms with Gasteiger partial charge >= 0.3 is 12.1 Å². The van der Waals surface area contributed by atoms with Gasteiger partial charge in [-0.25, -0.2) is 4.79 Å². The molecule has 0 radical (unpaired) electrons. The molecule has 1 rings (SSSR count). The fourth-order valence-electron chi connectivity index (χ4n) is 1.35. The van der Waals surface area contributed by atoms with Gasteiger partial charge in [0.1, 0.15) is 5.70 Å². The SMILES string of the molecule is CCOC(=O)/C=C(/NC(=O)c1ccc(Cl)cc1Cl)C(F)(F)F. The third kappa shape index (κ3) is 5.23. The molecule has 0 aliphatic carbocycles. The van der Waals surface area contributed by atoms with Crippen molar-refractivity contribution in [3.05, 3.63) is 45.6 Å². The van der Waals surface area contributed by atoms with E-state index in [4.69, 9.17) is 23.2 Å². The van der Waals surface area contributed by atoms with Gasteiger partial charge in [-0.3, -0.25) is 4.79 Å². The van der Waals surface area contributed by atoms with E-state index in [2.05, 4.69) is 4.74 Å². The molecule has 0 saturated heterocycles. The van der Waals surface area contributed by atoms with Gasteiger partial charge in [0.15, 0.2) is 0 Å². The molecule has 0 atom stereocenters. The zero-order valence-electron chi connectivity index (χ0n) is 11.1. The van der Waals surface area contributed by atoms with E-state index in [1.807, 2.05) is 0 Å². The Morgan fingerprint density at radius 3 is 2.45 bits per heavy atom. The Bertz CT molecular complexity index is 615. The highest BCUT2D eigenvalue weighted by molar-refractivity contribution is 6.36. The molecule has 1 aromatic rings. The Kier molecular flexibility index (Phi) is 6.25. The van der Waals surface area contributed by atoms with Crippen LogP contribution in [0.15, 0.2) is 30.0 Å². The quantitative estimate of drug-likeness (QED) is 0.661. The average Bonchev–Trinajstić information content (AvgIpc) is 2.36. The fourth-order valence-corrected chi connectivity index (χ4v) is 1.85. The normalized spacial score (nSPS) is 12.0. The first kappa shape index (κ1) is 18.3. The van der Waals surface area contributed by atoms with Gasteiger partial charge in [0, 0.05) is 5.02 Å². The molecule has 22 heavy (non-hydrogen) atoms. The summed E-state index contributed by atoms with van der Waals surface area (Å²) in [5.41, 5.74) is -1.77. The van der Waals surface area contributed by atoms with Crippen molar-refractivity contribution in [2.75, 3.05) is 6.61 Å². The number of benzene rings is 1. The molecule has 0 unspecified atom stereocenters. The second-order valence-corrected chi connectivity index (χ2v) is 4.73. The average molecular weight is 356 g/mol. The number of esters is 1. The van der Waals surface area contributed by atoms with Crippen LogP contribution in [0.2, 0.25) is 10.0 Å². The molecule has 0 aliphatic heterocycles. The molecular weight excluding hydrogens is 346 g/mol. The molecule has 1 amide bonds. The molecule has 120 valence electrons. The van der Waals surface area contributed by atoms with Crippen molar-refractivity contribution in [2.45, 2.75) is 13.1 Å². The highest BCUT2D eigenvalue weighted by Gasteiger charge is 2.36. The molecule has 0 spiro atoms. The van der Waals surface area contributed by atoms with Gasteiger partial charge in [0.25, 0.3) is 5.91 Å². The standard InChI is InChI=1S/C13H10Cl2F3NO3/c1-2-22-11(20)6-10(13(16,17)18)19-12(21)8-4-3-7(14)5-9(8)15/h3-6H,2H2,1H3,(H,19,21)/b10-6+. The highest BCUT2D eigenvalue weighted by Crippen LogP contribution is 2.25. The van der Waals surface area contributed by atoms with Crippen molar-refractivity contribution in [1.82, 2.24) is 5.32 Å². The summed E-state index contributed by atoms with van der Waals surface area (Å²) in [6, 6.07) is 3.67. The Balaban J connectivity index is 3.04. The van der Waals surface area contributed by atoms with Gasteiger partial charge < -0.3 is 10.1 Å². The summed E-state index contributed by atoms with van der Waals surface area (Å²) < 4.78 is 42.8. The minimum atomic E-state index is -4.94. The van der Waals surface area contributed by atoms with Crippen molar-refractivity contribution in [2.24, 2.45) is 0 Å².